The molecule has 15 heavy (non-hydrogen) atoms. The highest BCUT2D eigenvalue weighted by Crippen LogP contribution is 2.29. The van der Waals surface area contributed by atoms with E-state index in [2.05, 4.69) is 23.2 Å². The van der Waals surface area contributed by atoms with Crippen molar-refractivity contribution in [2.75, 3.05) is 0 Å². The van der Waals surface area contributed by atoms with Gasteiger partial charge in [-0.2, -0.15) is 0 Å². The highest BCUT2D eigenvalue weighted by molar-refractivity contribution is 7.21. The van der Waals surface area contributed by atoms with Crippen LogP contribution in [0.15, 0.2) is 42.5 Å². The summed E-state index contributed by atoms with van der Waals surface area (Å²) in [7, 11) is 0. The topological polar surface area (TPSA) is 12.9 Å². The lowest BCUT2D eigenvalue weighted by atomic mass is 10.2. The number of para-hydroxylation sites is 1. The summed E-state index contributed by atoms with van der Waals surface area (Å²) in [5, 5.41) is 1.01. The molecule has 3 rings (SSSR count). The first kappa shape index (κ1) is 8.62. The van der Waals surface area contributed by atoms with Crippen molar-refractivity contribution in [3.8, 4) is 10.6 Å². The molecule has 0 saturated carbocycles. The van der Waals surface area contributed by atoms with E-state index in [1.807, 2.05) is 36.4 Å². The van der Waals surface area contributed by atoms with Gasteiger partial charge in [0.1, 0.15) is 5.01 Å². The van der Waals surface area contributed by atoms with Crippen LogP contribution in [-0.4, -0.2) is 4.98 Å². The van der Waals surface area contributed by atoms with E-state index in [4.69, 9.17) is 0 Å². The molecule has 0 aliphatic carbocycles. The van der Waals surface area contributed by atoms with Crippen LogP contribution in [0.2, 0.25) is 0 Å². The lowest BCUT2D eigenvalue weighted by Gasteiger charge is -1.91. The molecule has 0 unspecified atom stereocenters. The van der Waals surface area contributed by atoms with Crippen molar-refractivity contribution in [3.05, 3.63) is 54.6 Å². The lowest BCUT2D eigenvalue weighted by molar-refractivity contribution is 1.47. The van der Waals surface area contributed by atoms with Crippen molar-refractivity contribution in [1.82, 2.24) is 4.98 Å². The van der Waals surface area contributed by atoms with Crippen molar-refractivity contribution in [3.63, 3.8) is 0 Å². The van der Waals surface area contributed by atoms with Crippen LogP contribution in [0.4, 0.5) is 0 Å². The molecule has 1 nitrogen and oxygen atoms in total. The van der Waals surface area contributed by atoms with Crippen molar-refractivity contribution < 1.29 is 0 Å². The van der Waals surface area contributed by atoms with E-state index in [0.717, 1.165) is 16.1 Å². The number of nitrogens with zero attached hydrogens (tertiary/aromatic N) is 1. The molecule has 0 aliphatic rings. The number of hydrogen-bond donors (Lipinski definition) is 0. The van der Waals surface area contributed by atoms with Crippen LogP contribution in [0.5, 0.6) is 0 Å². The van der Waals surface area contributed by atoms with Crippen LogP contribution in [0.3, 0.4) is 0 Å². The maximum atomic E-state index is 4.55. The minimum atomic E-state index is 1.01. The molecule has 2 heteroatoms. The summed E-state index contributed by atoms with van der Waals surface area (Å²) in [6, 6.07) is 20.0. The van der Waals surface area contributed by atoms with E-state index < -0.39 is 0 Å². The van der Waals surface area contributed by atoms with Gasteiger partial charge in [-0.3, -0.25) is 0 Å². The second kappa shape index (κ2) is 3.48. The molecule has 0 amide bonds. The van der Waals surface area contributed by atoms with Gasteiger partial charge in [0.25, 0.3) is 0 Å². The van der Waals surface area contributed by atoms with E-state index in [9.17, 15) is 0 Å². The molecule has 0 atom stereocenters. The van der Waals surface area contributed by atoms with Crippen molar-refractivity contribution in [2.45, 2.75) is 0 Å². The van der Waals surface area contributed by atoms with Gasteiger partial charge in [-0.25, -0.2) is 4.98 Å². The molecule has 1 heterocycles. The highest BCUT2D eigenvalue weighted by Gasteiger charge is 2.04. The summed E-state index contributed by atoms with van der Waals surface area (Å²) < 4.78 is 1.21. The Kier molecular flexibility index (Phi) is 2.00. The van der Waals surface area contributed by atoms with Gasteiger partial charge < -0.3 is 0 Å². The number of hydrogen-bond acceptors (Lipinski definition) is 2. The zero-order valence-corrected chi connectivity index (χ0v) is 8.71. The van der Waals surface area contributed by atoms with Crippen LogP contribution < -0.4 is 0 Å². The molecular formula is C13H7NS. The Morgan fingerprint density at radius 3 is 2.87 bits per heavy atom. The molecule has 2 aromatic carbocycles. The Labute approximate surface area is 92.0 Å². The Bertz CT molecular complexity index is 551. The van der Waals surface area contributed by atoms with Crippen molar-refractivity contribution in [2.24, 2.45) is 0 Å². The van der Waals surface area contributed by atoms with E-state index >= 15 is 0 Å². The summed E-state index contributed by atoms with van der Waals surface area (Å²) in [6.45, 7) is 0. The minimum absolute atomic E-state index is 1.01. The van der Waals surface area contributed by atoms with E-state index in [-0.39, 0.29) is 0 Å². The monoisotopic (exact) mass is 209 g/mol. The fraction of sp³-hybridized carbons (Fsp3) is 0. The van der Waals surface area contributed by atoms with Gasteiger partial charge in [-0.1, -0.05) is 24.3 Å². The van der Waals surface area contributed by atoms with Crippen LogP contribution in [0.25, 0.3) is 20.8 Å². The van der Waals surface area contributed by atoms with Crippen LogP contribution in [-0.2, 0) is 0 Å². The third-order valence-electron chi connectivity index (χ3n) is 2.17. The van der Waals surface area contributed by atoms with Crippen molar-refractivity contribution >= 4 is 21.6 Å². The lowest BCUT2D eigenvalue weighted by Crippen LogP contribution is -1.74. The molecule has 0 fully saturated rings. The van der Waals surface area contributed by atoms with E-state index in [1.54, 1.807) is 11.3 Å². The van der Waals surface area contributed by atoms with Gasteiger partial charge in [-0.15, -0.1) is 11.3 Å². The van der Waals surface area contributed by atoms with E-state index in [0.29, 0.717) is 0 Å². The highest BCUT2D eigenvalue weighted by atomic mass is 32.1. The zero-order chi connectivity index (χ0) is 10.1. The Hall–Kier alpha value is -1.67. The van der Waals surface area contributed by atoms with Gasteiger partial charge in [0, 0.05) is 5.56 Å². The van der Waals surface area contributed by atoms with Crippen molar-refractivity contribution in [1.29, 1.82) is 0 Å². The summed E-state index contributed by atoms with van der Waals surface area (Å²) in [5.41, 5.74) is 2.06. The van der Waals surface area contributed by atoms with Gasteiger partial charge >= 0.3 is 0 Å². The first-order valence-corrected chi connectivity index (χ1v) is 5.49. The second-order valence-corrected chi connectivity index (χ2v) is 4.22. The maximum Gasteiger partial charge on any atom is 0.125 e. The molecule has 3 aromatic rings. The molecular weight excluding hydrogens is 202 g/mol. The largest absolute Gasteiger partial charge is 0.236 e. The van der Waals surface area contributed by atoms with Gasteiger partial charge in [0.05, 0.1) is 10.2 Å². The standard InChI is InChI=1S/C13H7NS/c1-2-6-10(7-3-1)13-14-11-8-4-5-9-12(11)15-13/h1-2,4-5,7-9H. The molecule has 1 aromatic heterocycles. The number of benzene rings is 2. The summed E-state index contributed by atoms with van der Waals surface area (Å²) in [6.07, 6.45) is 0. The molecule has 0 aliphatic heterocycles. The number of fused-ring (bicyclic) bond motifs is 1. The average Bonchev–Trinajstić information content (AvgIpc) is 2.74. The zero-order valence-electron chi connectivity index (χ0n) is 7.90. The predicted molar refractivity (Wildman–Crippen MR) is 62.7 cm³/mol. The first-order chi connectivity index (χ1) is 7.43. The second-order valence-electron chi connectivity index (χ2n) is 3.19. The third-order valence-corrected chi connectivity index (χ3v) is 3.24. The molecule has 70 valence electrons. The normalized spacial score (nSPS) is 10.7. The van der Waals surface area contributed by atoms with Crippen LogP contribution >= 0.6 is 11.3 Å². The van der Waals surface area contributed by atoms with Gasteiger partial charge in [-0.05, 0) is 30.3 Å². The quantitative estimate of drug-likeness (QED) is 0.597. The number of thiazole rings is 1. The first-order valence-electron chi connectivity index (χ1n) is 4.67. The Balaban J connectivity index is 2.21. The SMILES string of the molecule is [c]1cc[c]c(-c2nc3ccccc3s2)c1. The molecule has 2 radical (unpaired) electrons. The molecule has 0 saturated heterocycles. The van der Waals surface area contributed by atoms with Gasteiger partial charge in [0.2, 0.25) is 0 Å². The number of rotatable bonds is 1. The average molecular weight is 209 g/mol. The molecule has 0 spiro atoms. The Morgan fingerprint density at radius 2 is 2.07 bits per heavy atom. The summed E-state index contributed by atoms with van der Waals surface area (Å²) in [5.74, 6) is 0. The fourth-order valence-corrected chi connectivity index (χ4v) is 2.41. The van der Waals surface area contributed by atoms with Crippen LogP contribution in [0.1, 0.15) is 0 Å². The number of aromatic nitrogens is 1. The predicted octanol–water partition coefficient (Wildman–Crippen LogP) is 3.56. The summed E-state index contributed by atoms with van der Waals surface area (Å²) >= 11 is 1.69. The summed E-state index contributed by atoms with van der Waals surface area (Å²) in [4.78, 5) is 4.55. The fourth-order valence-electron chi connectivity index (χ4n) is 1.46. The molecule has 0 N–H and O–H groups in total. The third kappa shape index (κ3) is 1.53. The smallest absolute Gasteiger partial charge is 0.125 e. The van der Waals surface area contributed by atoms with Crippen LogP contribution in [0, 0.1) is 12.1 Å². The van der Waals surface area contributed by atoms with Gasteiger partial charge in [0.15, 0.2) is 0 Å². The molecule has 0 bridgehead atoms. The maximum absolute atomic E-state index is 4.55. The van der Waals surface area contributed by atoms with E-state index in [1.165, 1.54) is 4.70 Å². The Morgan fingerprint density at radius 1 is 1.13 bits per heavy atom. The minimum Gasteiger partial charge on any atom is -0.236 e.